The Morgan fingerprint density at radius 3 is 2.16 bits per heavy atom. The van der Waals surface area contributed by atoms with E-state index in [0.29, 0.717) is 25.9 Å². The molecule has 1 heterocycles. The standard InChI is InChI=1S/C26H26FNO3/c1-31-24-12-11-22(17-23(24)27)25(28-15-13-21(14-16-28)26(29)30)20-9-7-19(8-10-20)18-5-3-2-4-6-18/h2-12,17,21,25H,13-16H2,1H3,(H,29,30). The Bertz CT molecular complexity index is 1030. The van der Waals surface area contributed by atoms with Gasteiger partial charge in [0.15, 0.2) is 11.6 Å². The van der Waals surface area contributed by atoms with E-state index < -0.39 is 11.8 Å². The molecule has 1 saturated heterocycles. The molecule has 1 atom stereocenters. The van der Waals surface area contributed by atoms with Crippen LogP contribution < -0.4 is 4.74 Å². The van der Waals surface area contributed by atoms with Crippen LogP contribution in [0, 0.1) is 11.7 Å². The van der Waals surface area contributed by atoms with Crippen molar-refractivity contribution in [2.45, 2.75) is 18.9 Å². The Morgan fingerprint density at radius 1 is 0.968 bits per heavy atom. The molecule has 1 aliphatic heterocycles. The fourth-order valence-corrected chi connectivity index (χ4v) is 4.36. The Kier molecular flexibility index (Phi) is 6.33. The number of likely N-dealkylation sites (tertiary alicyclic amines) is 1. The number of methoxy groups -OCH3 is 1. The molecule has 4 rings (SSSR count). The molecule has 0 aliphatic carbocycles. The number of piperidine rings is 1. The van der Waals surface area contributed by atoms with Crippen molar-refractivity contribution in [1.29, 1.82) is 0 Å². The molecule has 0 bridgehead atoms. The number of carboxylic acid groups (broad SMARTS) is 1. The minimum atomic E-state index is -0.737. The van der Waals surface area contributed by atoms with Gasteiger partial charge >= 0.3 is 5.97 Å². The first kappa shape index (κ1) is 21.1. The Morgan fingerprint density at radius 2 is 1.58 bits per heavy atom. The molecule has 0 radical (unpaired) electrons. The van der Waals surface area contributed by atoms with E-state index >= 15 is 0 Å². The maximum absolute atomic E-state index is 14.5. The summed E-state index contributed by atoms with van der Waals surface area (Å²) in [6, 6.07) is 23.4. The molecule has 1 unspecified atom stereocenters. The van der Waals surface area contributed by atoms with Crippen molar-refractivity contribution in [1.82, 2.24) is 4.90 Å². The largest absolute Gasteiger partial charge is 0.494 e. The van der Waals surface area contributed by atoms with Crippen LogP contribution in [0.1, 0.15) is 30.0 Å². The van der Waals surface area contributed by atoms with Gasteiger partial charge in [0.05, 0.1) is 19.1 Å². The number of halogens is 1. The average Bonchev–Trinajstić information content (AvgIpc) is 2.81. The van der Waals surface area contributed by atoms with Crippen LogP contribution in [0.15, 0.2) is 72.8 Å². The van der Waals surface area contributed by atoms with Gasteiger partial charge in [0.2, 0.25) is 0 Å². The number of ether oxygens (including phenoxy) is 1. The van der Waals surface area contributed by atoms with Crippen molar-refractivity contribution in [3.8, 4) is 16.9 Å². The van der Waals surface area contributed by atoms with Crippen molar-refractivity contribution in [2.75, 3.05) is 20.2 Å². The van der Waals surface area contributed by atoms with Crippen molar-refractivity contribution < 1.29 is 19.0 Å². The summed E-state index contributed by atoms with van der Waals surface area (Å²) in [6.07, 6.45) is 1.18. The Balaban J connectivity index is 1.67. The molecule has 160 valence electrons. The van der Waals surface area contributed by atoms with Crippen LogP contribution in [-0.2, 0) is 4.79 Å². The minimum Gasteiger partial charge on any atom is -0.494 e. The first-order chi connectivity index (χ1) is 15.1. The number of hydrogen-bond acceptors (Lipinski definition) is 3. The highest BCUT2D eigenvalue weighted by atomic mass is 19.1. The van der Waals surface area contributed by atoms with Crippen LogP contribution in [0.5, 0.6) is 5.75 Å². The van der Waals surface area contributed by atoms with Gasteiger partial charge in [-0.05, 0) is 60.3 Å². The summed E-state index contributed by atoms with van der Waals surface area (Å²) in [5.41, 5.74) is 4.15. The lowest BCUT2D eigenvalue weighted by Crippen LogP contribution is -2.39. The second kappa shape index (κ2) is 9.31. The van der Waals surface area contributed by atoms with Crippen LogP contribution in [0.25, 0.3) is 11.1 Å². The third-order valence-electron chi connectivity index (χ3n) is 6.07. The van der Waals surface area contributed by atoms with Gasteiger partial charge in [-0.3, -0.25) is 9.69 Å². The highest BCUT2D eigenvalue weighted by molar-refractivity contribution is 5.70. The summed E-state index contributed by atoms with van der Waals surface area (Å²) < 4.78 is 19.6. The molecular weight excluding hydrogens is 393 g/mol. The summed E-state index contributed by atoms with van der Waals surface area (Å²) in [7, 11) is 1.45. The number of hydrogen-bond donors (Lipinski definition) is 1. The van der Waals surface area contributed by atoms with Gasteiger partial charge in [-0.25, -0.2) is 4.39 Å². The van der Waals surface area contributed by atoms with E-state index in [0.717, 1.165) is 22.3 Å². The first-order valence-electron chi connectivity index (χ1n) is 10.5. The van der Waals surface area contributed by atoms with Gasteiger partial charge in [0, 0.05) is 0 Å². The normalized spacial score (nSPS) is 16.1. The maximum atomic E-state index is 14.5. The quantitative estimate of drug-likeness (QED) is 0.582. The smallest absolute Gasteiger partial charge is 0.306 e. The van der Waals surface area contributed by atoms with Gasteiger partial charge in [-0.15, -0.1) is 0 Å². The van der Waals surface area contributed by atoms with E-state index in [1.165, 1.54) is 13.2 Å². The second-order valence-corrected chi connectivity index (χ2v) is 7.93. The fourth-order valence-electron chi connectivity index (χ4n) is 4.36. The molecule has 5 heteroatoms. The highest BCUT2D eigenvalue weighted by Gasteiger charge is 2.30. The minimum absolute atomic E-state index is 0.153. The summed E-state index contributed by atoms with van der Waals surface area (Å²) in [6.45, 7) is 1.30. The lowest BCUT2D eigenvalue weighted by atomic mass is 9.90. The number of nitrogens with zero attached hydrogens (tertiary/aromatic N) is 1. The molecule has 4 nitrogen and oxygen atoms in total. The molecule has 1 aliphatic rings. The predicted molar refractivity (Wildman–Crippen MR) is 119 cm³/mol. The van der Waals surface area contributed by atoms with Crippen molar-refractivity contribution in [2.24, 2.45) is 5.92 Å². The van der Waals surface area contributed by atoms with Gasteiger partial charge < -0.3 is 9.84 Å². The van der Waals surface area contributed by atoms with Gasteiger partial charge in [-0.1, -0.05) is 60.7 Å². The zero-order chi connectivity index (χ0) is 21.8. The van der Waals surface area contributed by atoms with E-state index in [1.807, 2.05) is 24.3 Å². The van der Waals surface area contributed by atoms with Crippen molar-refractivity contribution >= 4 is 5.97 Å². The number of aliphatic carboxylic acids is 1. The van der Waals surface area contributed by atoms with Crippen molar-refractivity contribution in [3.05, 3.63) is 89.7 Å². The van der Waals surface area contributed by atoms with Gasteiger partial charge in [0.1, 0.15) is 0 Å². The van der Waals surface area contributed by atoms with Crippen LogP contribution in [0.4, 0.5) is 4.39 Å². The number of rotatable bonds is 6. The second-order valence-electron chi connectivity index (χ2n) is 7.93. The SMILES string of the molecule is COc1ccc(C(c2ccc(-c3ccccc3)cc2)N2CCC(C(=O)O)CC2)cc1F. The molecule has 1 N–H and O–H groups in total. The molecule has 0 amide bonds. The molecule has 3 aromatic rings. The average molecular weight is 419 g/mol. The van der Waals surface area contributed by atoms with E-state index in [-0.39, 0.29) is 17.7 Å². The summed E-state index contributed by atoms with van der Waals surface area (Å²) >= 11 is 0. The van der Waals surface area contributed by atoms with E-state index in [4.69, 9.17) is 4.74 Å². The zero-order valence-corrected chi connectivity index (χ0v) is 17.5. The molecule has 3 aromatic carbocycles. The lowest BCUT2D eigenvalue weighted by Gasteiger charge is -2.37. The summed E-state index contributed by atoms with van der Waals surface area (Å²) in [4.78, 5) is 13.6. The Hall–Kier alpha value is -3.18. The monoisotopic (exact) mass is 419 g/mol. The topological polar surface area (TPSA) is 49.8 Å². The van der Waals surface area contributed by atoms with Crippen LogP contribution in [0.2, 0.25) is 0 Å². The third-order valence-corrected chi connectivity index (χ3v) is 6.07. The summed E-state index contributed by atoms with van der Waals surface area (Å²) in [5, 5.41) is 9.35. The Labute approximate surface area is 181 Å². The van der Waals surface area contributed by atoms with Crippen LogP contribution in [-0.4, -0.2) is 36.2 Å². The molecule has 31 heavy (non-hydrogen) atoms. The fraction of sp³-hybridized carbons (Fsp3) is 0.269. The van der Waals surface area contributed by atoms with Crippen molar-refractivity contribution in [3.63, 3.8) is 0 Å². The van der Waals surface area contributed by atoms with Gasteiger partial charge in [0.25, 0.3) is 0 Å². The third kappa shape index (κ3) is 4.62. The molecule has 0 aromatic heterocycles. The van der Waals surface area contributed by atoms with E-state index in [2.05, 4.69) is 41.3 Å². The van der Waals surface area contributed by atoms with E-state index in [9.17, 15) is 14.3 Å². The van der Waals surface area contributed by atoms with Gasteiger partial charge in [-0.2, -0.15) is 0 Å². The highest BCUT2D eigenvalue weighted by Crippen LogP contribution is 2.35. The molecule has 0 saturated carbocycles. The summed E-state index contributed by atoms with van der Waals surface area (Å²) in [5.74, 6) is -1.23. The predicted octanol–water partition coefficient (Wildman–Crippen LogP) is 5.39. The zero-order valence-electron chi connectivity index (χ0n) is 17.5. The maximum Gasteiger partial charge on any atom is 0.306 e. The van der Waals surface area contributed by atoms with Crippen LogP contribution >= 0.6 is 0 Å². The number of carbonyl (C=O) groups is 1. The number of benzene rings is 3. The molecule has 0 spiro atoms. The number of carboxylic acids is 1. The first-order valence-corrected chi connectivity index (χ1v) is 10.5. The van der Waals surface area contributed by atoms with Crippen LogP contribution in [0.3, 0.4) is 0 Å². The molecular formula is C26H26FNO3. The van der Waals surface area contributed by atoms with E-state index in [1.54, 1.807) is 6.07 Å². The lowest BCUT2D eigenvalue weighted by molar-refractivity contribution is -0.143. The molecule has 1 fully saturated rings.